The first-order valence-electron chi connectivity index (χ1n) is 13.1. The molecule has 11 heteroatoms. The number of rotatable bonds is 9. The molecule has 9 nitrogen and oxygen atoms in total. The van der Waals surface area contributed by atoms with Crippen molar-refractivity contribution >= 4 is 23.6 Å². The van der Waals surface area contributed by atoms with Gasteiger partial charge in [-0.25, -0.2) is 18.6 Å². The molecule has 40 heavy (non-hydrogen) atoms. The lowest BCUT2D eigenvalue weighted by molar-refractivity contribution is -0.143. The smallest absolute Gasteiger partial charge is 0.408 e. The minimum Gasteiger partial charge on any atom is -0.491 e. The zero-order chi connectivity index (χ0) is 28.9. The molecule has 1 N–H and O–H groups in total. The molecule has 1 saturated heterocycles. The third-order valence-electron chi connectivity index (χ3n) is 6.64. The van der Waals surface area contributed by atoms with E-state index in [4.69, 9.17) is 9.47 Å². The van der Waals surface area contributed by atoms with Gasteiger partial charge in [-0.15, -0.1) is 0 Å². The number of likely N-dealkylation sites (tertiary alicyclic amines) is 1. The van der Waals surface area contributed by atoms with Crippen LogP contribution in [0.3, 0.4) is 0 Å². The third-order valence-corrected chi connectivity index (χ3v) is 6.64. The van der Waals surface area contributed by atoms with E-state index in [1.807, 2.05) is 36.4 Å². The molecule has 1 unspecified atom stereocenters. The highest BCUT2D eigenvalue weighted by Gasteiger charge is 2.55. The van der Waals surface area contributed by atoms with Crippen molar-refractivity contribution < 1.29 is 32.6 Å². The number of para-hydroxylation sites is 1. The highest BCUT2D eigenvalue weighted by molar-refractivity contribution is 6.13. The van der Waals surface area contributed by atoms with Crippen LogP contribution in [-0.4, -0.2) is 77.8 Å². The van der Waals surface area contributed by atoms with Crippen LogP contribution in [0.5, 0.6) is 5.75 Å². The number of fused-ring (bicyclic) bond motifs is 1. The Morgan fingerprint density at radius 1 is 1.07 bits per heavy atom. The molecule has 3 amide bonds. The lowest BCUT2D eigenvalue weighted by Crippen LogP contribution is -2.60. The fourth-order valence-corrected chi connectivity index (χ4v) is 4.91. The van der Waals surface area contributed by atoms with Crippen LogP contribution in [0, 0.1) is 5.41 Å². The van der Waals surface area contributed by atoms with E-state index < -0.39 is 47.9 Å². The Labute approximate surface area is 232 Å². The number of hydrazone groups is 1. The summed E-state index contributed by atoms with van der Waals surface area (Å²) < 4.78 is 37.7. The second kappa shape index (κ2) is 12.0. The van der Waals surface area contributed by atoms with Crippen LogP contribution in [0.4, 0.5) is 13.6 Å². The molecule has 214 valence electrons. The Morgan fingerprint density at radius 2 is 1.73 bits per heavy atom. The number of hydrogen-bond donors (Lipinski definition) is 1. The van der Waals surface area contributed by atoms with E-state index in [-0.39, 0.29) is 32.5 Å². The molecular weight excluding hydrogens is 522 g/mol. The van der Waals surface area contributed by atoms with Crippen LogP contribution in [0.1, 0.15) is 32.8 Å². The van der Waals surface area contributed by atoms with Crippen molar-refractivity contribution in [2.24, 2.45) is 10.5 Å². The van der Waals surface area contributed by atoms with Gasteiger partial charge >= 0.3 is 6.09 Å². The van der Waals surface area contributed by atoms with E-state index in [1.165, 1.54) is 4.90 Å². The molecule has 2 aromatic rings. The molecule has 0 radical (unpaired) electrons. The number of alkyl carbamates (subject to hydrolysis) is 1. The zero-order valence-corrected chi connectivity index (χ0v) is 22.8. The topological polar surface area (TPSA) is 101 Å². The maximum atomic E-state index is 13.9. The van der Waals surface area contributed by atoms with Gasteiger partial charge in [0.1, 0.15) is 36.0 Å². The van der Waals surface area contributed by atoms with E-state index in [0.29, 0.717) is 11.5 Å². The molecule has 2 atom stereocenters. The fraction of sp³-hybridized carbons (Fsp3) is 0.448. The van der Waals surface area contributed by atoms with E-state index in [1.54, 1.807) is 45.0 Å². The maximum absolute atomic E-state index is 13.9. The molecule has 0 spiro atoms. The Hall–Kier alpha value is -4.02. The number of carbonyl (C=O) groups excluding carboxylic acids is 3. The standard InChI is InChI=1S/C29H34F2N4O5/c1-28(2,3)40-27(38)32-22(18-39-21-12-8-5-9-13-21)25(36)34-15-14-23-29(19-34,16-20-10-6-4-7-11-20)26(37)35(33-23)17-24(30)31/h4-13,22,24H,14-19H2,1-3H3,(H,32,38)/t22-,29?/m1/s1. The first-order chi connectivity index (χ1) is 19.0. The second-order valence-electron chi connectivity index (χ2n) is 10.9. The van der Waals surface area contributed by atoms with E-state index in [2.05, 4.69) is 10.4 Å². The summed E-state index contributed by atoms with van der Waals surface area (Å²) in [5.74, 6) is -0.539. The van der Waals surface area contributed by atoms with Crippen molar-refractivity contribution in [3.8, 4) is 5.75 Å². The van der Waals surface area contributed by atoms with Crippen molar-refractivity contribution in [2.45, 2.75) is 51.7 Å². The number of amides is 3. The van der Waals surface area contributed by atoms with Crippen molar-refractivity contribution in [1.29, 1.82) is 0 Å². The van der Waals surface area contributed by atoms with Gasteiger partial charge in [-0.2, -0.15) is 5.10 Å². The van der Waals surface area contributed by atoms with Gasteiger partial charge in [-0.3, -0.25) is 9.59 Å². The van der Waals surface area contributed by atoms with Crippen LogP contribution in [0.25, 0.3) is 0 Å². The van der Waals surface area contributed by atoms with Gasteiger partial charge in [-0.05, 0) is 44.9 Å². The van der Waals surface area contributed by atoms with E-state index in [9.17, 15) is 23.2 Å². The van der Waals surface area contributed by atoms with Gasteiger partial charge in [0.05, 0.1) is 5.71 Å². The maximum Gasteiger partial charge on any atom is 0.408 e. The van der Waals surface area contributed by atoms with Crippen LogP contribution < -0.4 is 10.1 Å². The second-order valence-corrected chi connectivity index (χ2v) is 10.9. The molecular formula is C29H34F2N4O5. The molecule has 0 bridgehead atoms. The van der Waals surface area contributed by atoms with Crippen LogP contribution in [0.15, 0.2) is 65.8 Å². The monoisotopic (exact) mass is 556 g/mol. The van der Waals surface area contributed by atoms with Crippen LogP contribution in [0.2, 0.25) is 0 Å². The summed E-state index contributed by atoms with van der Waals surface area (Å²) in [6, 6.07) is 16.9. The molecule has 0 aromatic heterocycles. The predicted molar refractivity (Wildman–Crippen MR) is 144 cm³/mol. The Kier molecular flexibility index (Phi) is 8.70. The lowest BCUT2D eigenvalue weighted by atomic mass is 9.73. The minimum atomic E-state index is -2.75. The molecule has 2 heterocycles. The number of carbonyl (C=O) groups is 3. The summed E-state index contributed by atoms with van der Waals surface area (Å²) in [6.07, 6.45) is -3.12. The summed E-state index contributed by atoms with van der Waals surface area (Å²) in [5.41, 5.74) is -0.796. The number of piperidine rings is 1. The molecule has 2 aromatic carbocycles. The molecule has 2 aliphatic heterocycles. The molecule has 1 fully saturated rings. The van der Waals surface area contributed by atoms with E-state index >= 15 is 0 Å². The normalized spacial score (nSPS) is 19.6. The number of benzene rings is 2. The number of halogens is 2. The van der Waals surface area contributed by atoms with Crippen molar-refractivity contribution in [1.82, 2.24) is 15.2 Å². The molecule has 0 saturated carbocycles. The highest BCUT2D eigenvalue weighted by Crippen LogP contribution is 2.39. The first kappa shape index (κ1) is 29.0. The zero-order valence-electron chi connectivity index (χ0n) is 22.8. The summed E-state index contributed by atoms with van der Waals surface area (Å²) in [5, 5.41) is 7.70. The lowest BCUT2D eigenvalue weighted by Gasteiger charge is -2.40. The van der Waals surface area contributed by atoms with Gasteiger partial charge in [0.15, 0.2) is 0 Å². The number of hydrogen-bond acceptors (Lipinski definition) is 6. The fourth-order valence-electron chi connectivity index (χ4n) is 4.91. The first-order valence-corrected chi connectivity index (χ1v) is 13.1. The Bertz CT molecular complexity index is 1240. The van der Waals surface area contributed by atoms with Gasteiger partial charge in [0.2, 0.25) is 5.91 Å². The van der Waals surface area contributed by atoms with Crippen molar-refractivity contribution in [3.63, 3.8) is 0 Å². The van der Waals surface area contributed by atoms with Gasteiger partial charge in [0.25, 0.3) is 12.3 Å². The summed E-state index contributed by atoms with van der Waals surface area (Å²) in [6.45, 7) is 4.24. The van der Waals surface area contributed by atoms with Crippen molar-refractivity contribution in [2.75, 3.05) is 26.2 Å². The third kappa shape index (κ3) is 6.94. The van der Waals surface area contributed by atoms with E-state index in [0.717, 1.165) is 10.6 Å². The SMILES string of the molecule is CC(C)(C)OC(=O)N[C@H](COc1ccccc1)C(=O)N1CCC2=NN(CC(F)F)C(=O)C2(Cc2ccccc2)C1. The van der Waals surface area contributed by atoms with Crippen molar-refractivity contribution in [3.05, 3.63) is 66.2 Å². The summed E-state index contributed by atoms with van der Waals surface area (Å²) in [7, 11) is 0. The number of alkyl halides is 2. The minimum absolute atomic E-state index is 0.0734. The van der Waals surface area contributed by atoms with Gasteiger partial charge in [-0.1, -0.05) is 48.5 Å². The molecule has 0 aliphatic carbocycles. The van der Waals surface area contributed by atoms with Crippen LogP contribution >= 0.6 is 0 Å². The largest absolute Gasteiger partial charge is 0.491 e. The molecule has 2 aliphatic rings. The quantitative estimate of drug-likeness (QED) is 0.505. The Balaban J connectivity index is 1.59. The average Bonchev–Trinajstić information content (AvgIpc) is 3.16. The van der Waals surface area contributed by atoms with Gasteiger partial charge in [0, 0.05) is 19.5 Å². The number of ether oxygens (including phenoxy) is 2. The average molecular weight is 557 g/mol. The Morgan fingerprint density at radius 3 is 2.35 bits per heavy atom. The summed E-state index contributed by atoms with van der Waals surface area (Å²) in [4.78, 5) is 41.6. The highest BCUT2D eigenvalue weighted by atomic mass is 19.3. The number of nitrogens with zero attached hydrogens (tertiary/aromatic N) is 3. The molecule has 4 rings (SSSR count). The van der Waals surface area contributed by atoms with Crippen LogP contribution in [-0.2, 0) is 20.7 Å². The predicted octanol–water partition coefficient (Wildman–Crippen LogP) is 3.88. The summed E-state index contributed by atoms with van der Waals surface area (Å²) >= 11 is 0. The van der Waals surface area contributed by atoms with Gasteiger partial charge < -0.3 is 19.7 Å². The number of nitrogens with one attached hydrogen (secondary N) is 1.